The minimum absolute atomic E-state index is 0.174. The molecule has 0 radical (unpaired) electrons. The summed E-state index contributed by atoms with van der Waals surface area (Å²) in [5.41, 5.74) is 8.20. The van der Waals surface area contributed by atoms with Crippen LogP contribution in [0.3, 0.4) is 0 Å². The molecule has 1 aromatic carbocycles. The van der Waals surface area contributed by atoms with Gasteiger partial charge in [0.1, 0.15) is 11.9 Å². The minimum atomic E-state index is -0.567. The lowest BCUT2D eigenvalue weighted by atomic mass is 10.1. The Hall–Kier alpha value is -3.65. The van der Waals surface area contributed by atoms with Gasteiger partial charge in [-0.15, -0.1) is 11.3 Å². The van der Waals surface area contributed by atoms with Crippen LogP contribution in [0.25, 0.3) is 10.1 Å². The van der Waals surface area contributed by atoms with Crippen LogP contribution in [-0.4, -0.2) is 34.3 Å². The molecule has 4 N–H and O–H groups in total. The fraction of sp³-hybridized carbons (Fsp3) is 0.296. The molecule has 3 heterocycles. The number of benzene rings is 1. The summed E-state index contributed by atoms with van der Waals surface area (Å²) in [6, 6.07) is 13.5. The maximum Gasteiger partial charge on any atom is 0.274 e. The Morgan fingerprint density at radius 1 is 1.26 bits per heavy atom. The fourth-order valence-electron chi connectivity index (χ4n) is 4.28. The van der Waals surface area contributed by atoms with Crippen LogP contribution in [0.1, 0.15) is 36.6 Å². The van der Waals surface area contributed by atoms with Gasteiger partial charge in [0.05, 0.1) is 12.2 Å². The Morgan fingerprint density at radius 2 is 2.06 bits per heavy atom. The summed E-state index contributed by atoms with van der Waals surface area (Å²) in [5.74, 6) is 0.0897. The maximum atomic E-state index is 13.3. The van der Waals surface area contributed by atoms with Gasteiger partial charge in [-0.05, 0) is 50.3 Å². The van der Waals surface area contributed by atoms with E-state index >= 15 is 0 Å². The Labute approximate surface area is 209 Å². The molecule has 1 aliphatic rings. The molecule has 1 saturated heterocycles. The summed E-state index contributed by atoms with van der Waals surface area (Å²) >= 11 is 1.57. The van der Waals surface area contributed by atoms with Crippen molar-refractivity contribution in [1.82, 2.24) is 20.5 Å². The Bertz CT molecular complexity index is 1250. The highest BCUT2D eigenvalue weighted by atomic mass is 32.1. The van der Waals surface area contributed by atoms with Gasteiger partial charge in [0.2, 0.25) is 5.91 Å². The van der Waals surface area contributed by atoms with Crippen molar-refractivity contribution in [2.75, 3.05) is 12.3 Å². The summed E-state index contributed by atoms with van der Waals surface area (Å²) in [7, 11) is 0. The topological polar surface area (TPSA) is 100 Å². The SMILES string of the molecule is C=C1CCC(C(=O)NCc2cc3cnc(N)cc3s2)N1C(=O)/C(=C\C)NCCCc1ccccc1. The molecular weight excluding hydrogens is 458 g/mol. The summed E-state index contributed by atoms with van der Waals surface area (Å²) in [5, 5.41) is 7.25. The number of aromatic nitrogens is 1. The van der Waals surface area contributed by atoms with Crippen molar-refractivity contribution >= 4 is 39.1 Å². The third-order valence-electron chi connectivity index (χ3n) is 6.11. The number of likely N-dealkylation sites (tertiary alicyclic amines) is 1. The molecule has 1 unspecified atom stereocenters. The third-order valence-corrected chi connectivity index (χ3v) is 7.21. The van der Waals surface area contributed by atoms with Crippen molar-refractivity contribution in [1.29, 1.82) is 0 Å². The van der Waals surface area contributed by atoms with Crippen LogP contribution in [0.15, 0.2) is 72.7 Å². The van der Waals surface area contributed by atoms with E-state index in [0.29, 0.717) is 43.1 Å². The summed E-state index contributed by atoms with van der Waals surface area (Å²) < 4.78 is 1.03. The number of allylic oxidation sites excluding steroid dienone is 2. The van der Waals surface area contributed by atoms with E-state index in [-0.39, 0.29) is 11.8 Å². The van der Waals surface area contributed by atoms with E-state index in [1.165, 1.54) is 5.56 Å². The summed E-state index contributed by atoms with van der Waals surface area (Å²) in [6.07, 6.45) is 6.51. The molecule has 0 spiro atoms. The molecule has 0 aliphatic carbocycles. The molecule has 1 atom stereocenters. The van der Waals surface area contributed by atoms with E-state index in [1.807, 2.05) is 37.3 Å². The molecule has 2 aromatic heterocycles. The number of rotatable bonds is 9. The molecular formula is C27H31N5O2S. The number of carbonyl (C=O) groups is 2. The first-order valence-corrected chi connectivity index (χ1v) is 12.6. The van der Waals surface area contributed by atoms with Crippen molar-refractivity contribution in [2.45, 2.75) is 45.2 Å². The largest absolute Gasteiger partial charge is 0.384 e. The highest BCUT2D eigenvalue weighted by Crippen LogP contribution is 2.29. The molecule has 8 heteroatoms. The van der Waals surface area contributed by atoms with Crippen molar-refractivity contribution in [3.63, 3.8) is 0 Å². The molecule has 1 aliphatic heterocycles. The normalized spacial score (nSPS) is 16.0. The van der Waals surface area contributed by atoms with Gasteiger partial charge >= 0.3 is 0 Å². The van der Waals surface area contributed by atoms with Gasteiger partial charge in [0.15, 0.2) is 0 Å². The second kappa shape index (κ2) is 11.2. The summed E-state index contributed by atoms with van der Waals surface area (Å²) in [6.45, 7) is 6.93. The summed E-state index contributed by atoms with van der Waals surface area (Å²) in [4.78, 5) is 33.1. The molecule has 7 nitrogen and oxygen atoms in total. The Morgan fingerprint density at radius 3 is 2.83 bits per heavy atom. The average molecular weight is 490 g/mol. The van der Waals surface area contributed by atoms with Crippen LogP contribution in [0.5, 0.6) is 0 Å². The molecule has 0 saturated carbocycles. The van der Waals surface area contributed by atoms with E-state index < -0.39 is 6.04 Å². The maximum absolute atomic E-state index is 13.3. The highest BCUT2D eigenvalue weighted by Gasteiger charge is 2.37. The third kappa shape index (κ3) is 5.89. The van der Waals surface area contributed by atoms with Crippen LogP contribution in [-0.2, 0) is 22.6 Å². The van der Waals surface area contributed by atoms with Gasteiger partial charge < -0.3 is 16.4 Å². The van der Waals surface area contributed by atoms with Crippen LogP contribution in [0, 0.1) is 0 Å². The molecule has 0 bridgehead atoms. The first kappa shape index (κ1) is 24.5. The van der Waals surface area contributed by atoms with Gasteiger partial charge in [0, 0.05) is 33.4 Å². The van der Waals surface area contributed by atoms with Crippen molar-refractivity contribution in [3.8, 4) is 0 Å². The van der Waals surface area contributed by atoms with Crippen molar-refractivity contribution in [2.24, 2.45) is 0 Å². The van der Waals surface area contributed by atoms with Crippen molar-refractivity contribution in [3.05, 3.63) is 83.2 Å². The highest BCUT2D eigenvalue weighted by molar-refractivity contribution is 7.19. The minimum Gasteiger partial charge on any atom is -0.384 e. The monoisotopic (exact) mass is 489 g/mol. The lowest BCUT2D eigenvalue weighted by Gasteiger charge is -2.26. The zero-order valence-corrected chi connectivity index (χ0v) is 20.7. The standard InChI is InChI=1S/C27H31N5O2S/c1-3-22(29-13-7-10-19-8-5-4-6-9-19)27(34)32-18(2)11-12-23(32)26(33)31-17-21-14-20-16-30-25(28)15-24(20)35-21/h3-6,8-9,14-16,23,29H,2,7,10-13,17H2,1H3,(H2,28,30)(H,31,33)/b22-3+. The van der Waals surface area contributed by atoms with Gasteiger partial charge in [0.25, 0.3) is 5.91 Å². The smallest absolute Gasteiger partial charge is 0.274 e. The Balaban J connectivity index is 1.33. The van der Waals surface area contributed by atoms with Gasteiger partial charge in [-0.25, -0.2) is 4.98 Å². The van der Waals surface area contributed by atoms with Gasteiger partial charge in [-0.1, -0.05) is 43.0 Å². The molecule has 4 rings (SSSR count). The zero-order valence-electron chi connectivity index (χ0n) is 19.9. The molecule has 3 aromatic rings. The average Bonchev–Trinajstić information content (AvgIpc) is 3.45. The van der Waals surface area contributed by atoms with Crippen molar-refractivity contribution < 1.29 is 9.59 Å². The number of hydrogen-bond donors (Lipinski definition) is 3. The lowest BCUT2D eigenvalue weighted by Crippen LogP contribution is -2.46. The number of nitrogens with two attached hydrogens (primary N) is 1. The van der Waals surface area contributed by atoms with E-state index in [1.54, 1.807) is 28.5 Å². The predicted octanol–water partition coefficient (Wildman–Crippen LogP) is 4.13. The van der Waals surface area contributed by atoms with E-state index in [9.17, 15) is 9.59 Å². The van der Waals surface area contributed by atoms with Crippen LogP contribution in [0.4, 0.5) is 5.82 Å². The fourth-order valence-corrected chi connectivity index (χ4v) is 5.30. The number of thiophene rings is 1. The molecule has 35 heavy (non-hydrogen) atoms. The second-order valence-corrected chi connectivity index (χ2v) is 9.76. The van der Waals surface area contributed by atoms with Crippen LogP contribution < -0.4 is 16.4 Å². The van der Waals surface area contributed by atoms with E-state index in [2.05, 4.69) is 34.3 Å². The van der Waals surface area contributed by atoms with Crippen LogP contribution in [0.2, 0.25) is 0 Å². The number of pyridine rings is 1. The number of carbonyl (C=O) groups excluding carboxylic acids is 2. The number of fused-ring (bicyclic) bond motifs is 1. The van der Waals surface area contributed by atoms with Gasteiger partial charge in [-0.2, -0.15) is 0 Å². The van der Waals surface area contributed by atoms with E-state index in [0.717, 1.165) is 27.8 Å². The first-order chi connectivity index (χ1) is 17.0. The van der Waals surface area contributed by atoms with E-state index in [4.69, 9.17) is 5.73 Å². The number of nitrogen functional groups attached to an aromatic ring is 1. The van der Waals surface area contributed by atoms with Crippen LogP contribution >= 0.6 is 11.3 Å². The molecule has 2 amide bonds. The number of amides is 2. The number of nitrogens with one attached hydrogen (secondary N) is 2. The first-order valence-electron chi connectivity index (χ1n) is 11.8. The quantitative estimate of drug-likeness (QED) is 0.310. The molecule has 1 fully saturated rings. The predicted molar refractivity (Wildman–Crippen MR) is 141 cm³/mol. The lowest BCUT2D eigenvalue weighted by molar-refractivity contribution is -0.134. The van der Waals surface area contributed by atoms with Gasteiger partial charge in [-0.3, -0.25) is 14.5 Å². The number of aryl methyl sites for hydroxylation is 1. The molecule has 182 valence electrons. The Kier molecular flexibility index (Phi) is 7.82. The second-order valence-electron chi connectivity index (χ2n) is 8.59. The number of nitrogens with zero attached hydrogens (tertiary/aromatic N) is 2. The zero-order chi connectivity index (χ0) is 24.8. The number of anilines is 1. The number of hydrogen-bond acceptors (Lipinski definition) is 6.